The number of anilines is 1. The molecule has 2 aliphatic heterocycles. The molecule has 1 unspecified atom stereocenters. The number of carbonyl (C=O) groups is 1. The summed E-state index contributed by atoms with van der Waals surface area (Å²) in [4.78, 5) is 19.6. The molecule has 144 valence electrons. The molecule has 5 nitrogen and oxygen atoms in total. The number of hydrogen-bond acceptors (Lipinski definition) is 4. The van der Waals surface area contributed by atoms with Crippen LogP contribution in [0.5, 0.6) is 0 Å². The van der Waals surface area contributed by atoms with Crippen molar-refractivity contribution >= 4 is 23.4 Å². The molecule has 0 aliphatic carbocycles. The SMILES string of the molecule is Cc1nccn1-c1ccc(NC(=O)C2CCCN(C3CCSCC3)C2)cc1. The van der Waals surface area contributed by atoms with Gasteiger partial charge in [0.25, 0.3) is 0 Å². The molecule has 1 amide bonds. The molecule has 2 saturated heterocycles. The molecule has 0 bridgehead atoms. The molecule has 1 atom stereocenters. The van der Waals surface area contributed by atoms with E-state index < -0.39 is 0 Å². The van der Waals surface area contributed by atoms with Crippen molar-refractivity contribution in [2.24, 2.45) is 5.92 Å². The number of carbonyl (C=O) groups excluding carboxylic acids is 1. The number of nitrogens with one attached hydrogen (secondary N) is 1. The first-order chi connectivity index (χ1) is 13.2. The zero-order valence-electron chi connectivity index (χ0n) is 15.9. The smallest absolute Gasteiger partial charge is 0.228 e. The number of amides is 1. The summed E-state index contributed by atoms with van der Waals surface area (Å²) in [5.41, 5.74) is 1.93. The fourth-order valence-electron chi connectivity index (χ4n) is 4.20. The predicted molar refractivity (Wildman–Crippen MR) is 112 cm³/mol. The standard InChI is InChI=1S/C21H28N4OS/c1-16-22-10-12-25(16)20-6-4-18(5-7-20)23-21(26)17-3-2-11-24(15-17)19-8-13-27-14-9-19/h4-7,10,12,17,19H,2-3,8-9,11,13-15H2,1H3,(H,23,26). The van der Waals surface area contributed by atoms with Gasteiger partial charge in [-0.1, -0.05) is 0 Å². The fourth-order valence-corrected chi connectivity index (χ4v) is 5.28. The Balaban J connectivity index is 1.36. The van der Waals surface area contributed by atoms with Crippen molar-refractivity contribution in [1.29, 1.82) is 0 Å². The lowest BCUT2D eigenvalue weighted by atomic mass is 9.94. The quantitative estimate of drug-likeness (QED) is 0.873. The Kier molecular flexibility index (Phi) is 5.83. The van der Waals surface area contributed by atoms with Gasteiger partial charge in [-0.3, -0.25) is 9.69 Å². The zero-order chi connectivity index (χ0) is 18.6. The van der Waals surface area contributed by atoms with E-state index in [1.807, 2.05) is 42.0 Å². The van der Waals surface area contributed by atoms with E-state index in [2.05, 4.69) is 27.0 Å². The maximum Gasteiger partial charge on any atom is 0.228 e. The number of benzene rings is 1. The van der Waals surface area contributed by atoms with Crippen molar-refractivity contribution in [2.75, 3.05) is 29.9 Å². The minimum Gasteiger partial charge on any atom is -0.326 e. The van der Waals surface area contributed by atoms with E-state index in [0.29, 0.717) is 6.04 Å². The topological polar surface area (TPSA) is 50.2 Å². The third kappa shape index (κ3) is 4.38. The van der Waals surface area contributed by atoms with Gasteiger partial charge in [-0.2, -0.15) is 11.8 Å². The molecule has 0 radical (unpaired) electrons. The Morgan fingerprint density at radius 2 is 1.96 bits per heavy atom. The third-order valence-electron chi connectivity index (χ3n) is 5.77. The first-order valence-electron chi connectivity index (χ1n) is 9.94. The lowest BCUT2D eigenvalue weighted by Gasteiger charge is -2.39. The molecular formula is C21H28N4OS. The van der Waals surface area contributed by atoms with Crippen LogP contribution < -0.4 is 5.32 Å². The molecule has 2 aliphatic rings. The number of likely N-dealkylation sites (tertiary alicyclic amines) is 1. The number of hydrogen-bond donors (Lipinski definition) is 1. The lowest BCUT2D eigenvalue weighted by Crippen LogP contribution is -2.47. The van der Waals surface area contributed by atoms with Crippen molar-refractivity contribution in [2.45, 2.75) is 38.6 Å². The zero-order valence-corrected chi connectivity index (χ0v) is 16.8. The first kappa shape index (κ1) is 18.6. The molecule has 27 heavy (non-hydrogen) atoms. The number of piperidine rings is 1. The van der Waals surface area contributed by atoms with Crippen LogP contribution >= 0.6 is 11.8 Å². The number of imidazole rings is 1. The van der Waals surface area contributed by atoms with E-state index in [0.717, 1.165) is 43.1 Å². The van der Waals surface area contributed by atoms with Gasteiger partial charge >= 0.3 is 0 Å². The average molecular weight is 385 g/mol. The lowest BCUT2D eigenvalue weighted by molar-refractivity contribution is -0.121. The molecule has 1 N–H and O–H groups in total. The van der Waals surface area contributed by atoms with Crippen molar-refractivity contribution < 1.29 is 4.79 Å². The minimum atomic E-state index is 0.101. The van der Waals surface area contributed by atoms with Crippen molar-refractivity contribution in [3.63, 3.8) is 0 Å². The Labute approximate surface area is 165 Å². The second-order valence-electron chi connectivity index (χ2n) is 7.56. The normalized spacial score (nSPS) is 21.9. The number of thioether (sulfide) groups is 1. The highest BCUT2D eigenvalue weighted by Gasteiger charge is 2.30. The van der Waals surface area contributed by atoms with Gasteiger partial charge in [0.05, 0.1) is 5.92 Å². The maximum absolute atomic E-state index is 12.8. The number of aryl methyl sites for hydroxylation is 1. The van der Waals surface area contributed by atoms with Crippen LogP contribution in [0.15, 0.2) is 36.7 Å². The Bertz CT molecular complexity index is 767. The monoisotopic (exact) mass is 384 g/mol. The van der Waals surface area contributed by atoms with Crippen molar-refractivity contribution in [3.05, 3.63) is 42.5 Å². The van der Waals surface area contributed by atoms with E-state index >= 15 is 0 Å². The Morgan fingerprint density at radius 3 is 2.67 bits per heavy atom. The van der Waals surface area contributed by atoms with Crippen LogP contribution in [0.2, 0.25) is 0 Å². The summed E-state index contributed by atoms with van der Waals surface area (Å²) in [5, 5.41) is 3.13. The molecule has 0 saturated carbocycles. The molecule has 0 spiro atoms. The third-order valence-corrected chi connectivity index (χ3v) is 6.82. The molecule has 4 rings (SSSR count). The second-order valence-corrected chi connectivity index (χ2v) is 8.78. The van der Waals surface area contributed by atoms with Crippen molar-refractivity contribution in [3.8, 4) is 5.69 Å². The van der Waals surface area contributed by atoms with Crippen molar-refractivity contribution in [1.82, 2.24) is 14.5 Å². The summed E-state index contributed by atoms with van der Waals surface area (Å²) in [6.45, 7) is 4.04. The Hall–Kier alpha value is -1.79. The molecule has 2 fully saturated rings. The van der Waals surface area contributed by atoms with Crippen LogP contribution in [0.4, 0.5) is 5.69 Å². The van der Waals surface area contributed by atoms with Gasteiger partial charge in [0.15, 0.2) is 0 Å². The van der Waals surface area contributed by atoms with E-state index in [1.54, 1.807) is 6.20 Å². The van der Waals surface area contributed by atoms with Crippen LogP contribution in [-0.4, -0.2) is 51.0 Å². The number of aromatic nitrogens is 2. The maximum atomic E-state index is 12.8. The average Bonchev–Trinajstić information content (AvgIpc) is 3.15. The second kappa shape index (κ2) is 8.48. The summed E-state index contributed by atoms with van der Waals surface area (Å²) in [7, 11) is 0. The molecule has 1 aromatic carbocycles. The fraction of sp³-hybridized carbons (Fsp3) is 0.524. The largest absolute Gasteiger partial charge is 0.326 e. The number of rotatable bonds is 4. The highest BCUT2D eigenvalue weighted by atomic mass is 32.2. The van der Waals surface area contributed by atoms with Gasteiger partial charge in [0, 0.05) is 36.4 Å². The summed E-state index contributed by atoms with van der Waals surface area (Å²) in [6, 6.07) is 8.69. The van der Waals surface area contributed by atoms with Crippen LogP contribution in [0, 0.1) is 12.8 Å². The Morgan fingerprint density at radius 1 is 1.19 bits per heavy atom. The molecule has 3 heterocycles. The van der Waals surface area contributed by atoms with Gasteiger partial charge in [-0.05, 0) is 74.9 Å². The van der Waals surface area contributed by atoms with Crippen LogP contribution in [0.1, 0.15) is 31.5 Å². The van der Waals surface area contributed by atoms with Gasteiger partial charge in [-0.15, -0.1) is 0 Å². The number of nitrogens with zero attached hydrogens (tertiary/aromatic N) is 3. The first-order valence-corrected chi connectivity index (χ1v) is 11.1. The summed E-state index contributed by atoms with van der Waals surface area (Å²) in [6.07, 6.45) is 8.41. The van der Waals surface area contributed by atoms with Crippen LogP contribution in [-0.2, 0) is 4.79 Å². The van der Waals surface area contributed by atoms with E-state index in [4.69, 9.17) is 0 Å². The van der Waals surface area contributed by atoms with Crippen LogP contribution in [0.3, 0.4) is 0 Å². The molecule has 1 aromatic heterocycles. The van der Waals surface area contributed by atoms with Gasteiger partial charge in [-0.25, -0.2) is 4.98 Å². The molecular weight excluding hydrogens is 356 g/mol. The minimum absolute atomic E-state index is 0.101. The predicted octanol–water partition coefficient (Wildman–Crippen LogP) is 3.73. The summed E-state index contributed by atoms with van der Waals surface area (Å²) in [5.74, 6) is 3.75. The van der Waals surface area contributed by atoms with Gasteiger partial charge < -0.3 is 9.88 Å². The van der Waals surface area contributed by atoms with Crippen LogP contribution in [0.25, 0.3) is 5.69 Å². The molecule has 6 heteroatoms. The van der Waals surface area contributed by atoms with Gasteiger partial charge in [0.1, 0.15) is 5.82 Å². The summed E-state index contributed by atoms with van der Waals surface area (Å²) >= 11 is 2.06. The van der Waals surface area contributed by atoms with E-state index in [1.165, 1.54) is 24.3 Å². The van der Waals surface area contributed by atoms with Gasteiger partial charge in [0.2, 0.25) is 5.91 Å². The van der Waals surface area contributed by atoms with E-state index in [9.17, 15) is 4.79 Å². The summed E-state index contributed by atoms with van der Waals surface area (Å²) < 4.78 is 2.03. The highest BCUT2D eigenvalue weighted by molar-refractivity contribution is 7.99. The highest BCUT2D eigenvalue weighted by Crippen LogP contribution is 2.27. The van der Waals surface area contributed by atoms with E-state index in [-0.39, 0.29) is 11.8 Å². The molecule has 2 aromatic rings.